The monoisotopic (exact) mass is 523 g/mol. The number of likely N-dealkylation sites (tertiary alicyclic amines) is 1. The summed E-state index contributed by atoms with van der Waals surface area (Å²) in [5, 5.41) is 3.43. The zero-order chi connectivity index (χ0) is 26.0. The van der Waals surface area contributed by atoms with E-state index in [1.54, 1.807) is 0 Å². The minimum atomic E-state index is 0. The Morgan fingerprint density at radius 1 is 1.03 bits per heavy atom. The first-order chi connectivity index (χ1) is 18.7. The van der Waals surface area contributed by atoms with Crippen molar-refractivity contribution in [2.45, 2.75) is 52.1 Å². The third-order valence-electron chi connectivity index (χ3n) is 7.81. The molecule has 1 aromatic carbocycles. The number of aromatic nitrogens is 2. The lowest BCUT2D eigenvalue weighted by Crippen LogP contribution is -2.35. The van der Waals surface area contributed by atoms with Crippen molar-refractivity contribution in [2.24, 2.45) is 5.92 Å². The van der Waals surface area contributed by atoms with Crippen LogP contribution in [0.1, 0.15) is 51.1 Å². The molecule has 0 saturated carbocycles. The molecule has 5 heterocycles. The Balaban J connectivity index is 0.00000353. The first-order valence-corrected chi connectivity index (χ1v) is 14.4. The van der Waals surface area contributed by atoms with E-state index in [4.69, 9.17) is 19.2 Å². The second-order valence-corrected chi connectivity index (χ2v) is 10.7. The Hall–Kier alpha value is -2.68. The van der Waals surface area contributed by atoms with Crippen molar-refractivity contribution in [3.05, 3.63) is 47.7 Å². The lowest BCUT2D eigenvalue weighted by Gasteiger charge is -2.33. The maximum atomic E-state index is 6.25. The summed E-state index contributed by atoms with van der Waals surface area (Å²) in [6.07, 6.45) is 13.4. The summed E-state index contributed by atoms with van der Waals surface area (Å²) in [5.74, 6) is 3.22. The molecule has 2 fully saturated rings. The average molecular weight is 524 g/mol. The molecule has 8 nitrogen and oxygen atoms in total. The van der Waals surface area contributed by atoms with Gasteiger partial charge in [0.25, 0.3) is 0 Å². The molecule has 0 radical (unpaired) electrons. The summed E-state index contributed by atoms with van der Waals surface area (Å²) in [7, 11) is 0. The molecule has 0 amide bonds. The van der Waals surface area contributed by atoms with Gasteiger partial charge in [0.15, 0.2) is 0 Å². The predicted octanol–water partition coefficient (Wildman–Crippen LogP) is 5.35. The maximum absolute atomic E-state index is 6.25. The van der Waals surface area contributed by atoms with Crippen molar-refractivity contribution in [3.8, 4) is 5.75 Å². The Morgan fingerprint density at radius 3 is 2.68 bits per heavy atom. The standard InChI is InChI=1S/C30H43N5O3.H2/c1-24-22-31-30-32-27-7-8-28(38-20-16-34-12-3-2-4-13-34)26(21-27)23-37-18-6-5-17-36-19-11-25-9-14-35(15-10-25)29(24)33-30;/h5-8,21-22,25H,2-4,9-20,23H2,1H3,(H,31,32,33);1H/b6-5+;. The summed E-state index contributed by atoms with van der Waals surface area (Å²) in [6, 6.07) is 6.17. The van der Waals surface area contributed by atoms with Crippen molar-refractivity contribution < 1.29 is 15.6 Å². The Morgan fingerprint density at radius 2 is 1.84 bits per heavy atom. The van der Waals surface area contributed by atoms with Gasteiger partial charge in [-0.2, -0.15) is 4.98 Å². The zero-order valence-electron chi connectivity index (χ0n) is 22.9. The average Bonchev–Trinajstić information content (AvgIpc) is 2.95. The second kappa shape index (κ2) is 13.9. The first kappa shape index (κ1) is 26.9. The van der Waals surface area contributed by atoms with Gasteiger partial charge < -0.3 is 24.4 Å². The fraction of sp³-hybridized carbons (Fsp3) is 0.600. The van der Waals surface area contributed by atoms with Crippen LogP contribution in [0, 0.1) is 12.8 Å². The predicted molar refractivity (Wildman–Crippen MR) is 154 cm³/mol. The molecule has 6 bridgehead atoms. The number of ether oxygens (including phenoxy) is 3. The van der Waals surface area contributed by atoms with Crippen LogP contribution in [0.5, 0.6) is 5.75 Å². The molecule has 4 aliphatic heterocycles. The number of hydrogen-bond acceptors (Lipinski definition) is 8. The molecular weight excluding hydrogens is 478 g/mol. The van der Waals surface area contributed by atoms with Gasteiger partial charge >= 0.3 is 0 Å². The number of benzene rings is 1. The van der Waals surface area contributed by atoms with Crippen LogP contribution >= 0.6 is 0 Å². The SMILES string of the molecule is Cc1cnc2nc1N1CCC(CCOC/C=C/COCc3cc(ccc3OCCN3CCCCC3)N2)CC1.[HH]. The van der Waals surface area contributed by atoms with Crippen molar-refractivity contribution >= 4 is 17.5 Å². The Kier molecular flexibility index (Phi) is 9.86. The van der Waals surface area contributed by atoms with Gasteiger partial charge in [0.2, 0.25) is 5.95 Å². The van der Waals surface area contributed by atoms with Crippen LogP contribution in [0.3, 0.4) is 0 Å². The number of nitrogens with zero attached hydrogens (tertiary/aromatic N) is 4. The van der Waals surface area contributed by atoms with Crippen LogP contribution in [0.4, 0.5) is 17.5 Å². The topological polar surface area (TPSA) is 72.0 Å². The van der Waals surface area contributed by atoms with Crippen LogP contribution in [0.25, 0.3) is 0 Å². The summed E-state index contributed by atoms with van der Waals surface area (Å²) in [5.41, 5.74) is 3.05. The Labute approximate surface area is 228 Å². The number of anilines is 3. The molecule has 0 atom stereocenters. The highest BCUT2D eigenvalue weighted by molar-refractivity contribution is 5.59. The molecule has 2 aromatic rings. The molecule has 1 N–H and O–H groups in total. The van der Waals surface area contributed by atoms with E-state index in [0.29, 0.717) is 38.3 Å². The van der Waals surface area contributed by atoms with Crippen LogP contribution in [0.15, 0.2) is 36.5 Å². The highest BCUT2D eigenvalue weighted by atomic mass is 16.5. The van der Waals surface area contributed by atoms with Crippen molar-refractivity contribution in [2.75, 3.05) is 69.4 Å². The van der Waals surface area contributed by atoms with Gasteiger partial charge in [-0.25, -0.2) is 4.98 Å². The lowest BCUT2D eigenvalue weighted by molar-refractivity contribution is 0.134. The summed E-state index contributed by atoms with van der Waals surface area (Å²) >= 11 is 0. The van der Waals surface area contributed by atoms with E-state index in [1.165, 1.54) is 45.2 Å². The minimum Gasteiger partial charge on any atom is -0.492 e. The van der Waals surface area contributed by atoms with E-state index >= 15 is 0 Å². The summed E-state index contributed by atoms with van der Waals surface area (Å²) in [6.45, 7) is 10.6. The number of rotatable bonds is 4. The molecule has 8 heteroatoms. The van der Waals surface area contributed by atoms with E-state index in [2.05, 4.69) is 39.2 Å². The maximum Gasteiger partial charge on any atom is 0.229 e. The van der Waals surface area contributed by atoms with Gasteiger partial charge in [0.05, 0.1) is 19.8 Å². The molecule has 0 aliphatic carbocycles. The number of hydrogen-bond donors (Lipinski definition) is 1. The van der Waals surface area contributed by atoms with Crippen LogP contribution in [-0.2, 0) is 16.1 Å². The molecule has 4 aliphatic rings. The number of nitrogens with one attached hydrogen (secondary N) is 1. The largest absolute Gasteiger partial charge is 0.492 e. The molecule has 208 valence electrons. The van der Waals surface area contributed by atoms with Crippen molar-refractivity contribution in [1.29, 1.82) is 0 Å². The molecule has 6 rings (SSSR count). The Bertz CT molecular complexity index is 1050. The number of aryl methyl sites for hydroxylation is 1. The molecule has 1 aromatic heterocycles. The van der Waals surface area contributed by atoms with Gasteiger partial charge in [-0.05, 0) is 76.2 Å². The fourth-order valence-electron chi connectivity index (χ4n) is 5.53. The third-order valence-corrected chi connectivity index (χ3v) is 7.81. The molecule has 2 saturated heterocycles. The van der Waals surface area contributed by atoms with Crippen LogP contribution in [-0.4, -0.2) is 74.0 Å². The van der Waals surface area contributed by atoms with Gasteiger partial charge in [0.1, 0.15) is 18.2 Å². The molecular formula is C30H45N5O3. The minimum absolute atomic E-state index is 0. The number of fused-ring (bicyclic) bond motifs is 9. The highest BCUT2D eigenvalue weighted by Gasteiger charge is 2.22. The fourth-order valence-corrected chi connectivity index (χ4v) is 5.53. The van der Waals surface area contributed by atoms with E-state index in [-0.39, 0.29) is 1.43 Å². The highest BCUT2D eigenvalue weighted by Crippen LogP contribution is 2.29. The lowest BCUT2D eigenvalue weighted by atomic mass is 9.94. The molecule has 38 heavy (non-hydrogen) atoms. The third kappa shape index (κ3) is 7.68. The van der Waals surface area contributed by atoms with Gasteiger partial charge in [-0.3, -0.25) is 4.90 Å². The van der Waals surface area contributed by atoms with Crippen molar-refractivity contribution in [3.63, 3.8) is 0 Å². The molecule has 0 unspecified atom stereocenters. The zero-order valence-corrected chi connectivity index (χ0v) is 22.9. The van der Waals surface area contributed by atoms with Crippen molar-refractivity contribution in [1.82, 2.24) is 14.9 Å². The first-order valence-electron chi connectivity index (χ1n) is 14.4. The van der Waals surface area contributed by atoms with Crippen LogP contribution < -0.4 is 15.0 Å². The van der Waals surface area contributed by atoms with Gasteiger partial charge in [-0.1, -0.05) is 18.6 Å². The summed E-state index contributed by atoms with van der Waals surface area (Å²) in [4.78, 5) is 14.4. The smallest absolute Gasteiger partial charge is 0.229 e. The van der Waals surface area contributed by atoms with E-state index < -0.39 is 0 Å². The van der Waals surface area contributed by atoms with E-state index in [1.807, 2.05) is 24.4 Å². The quantitative estimate of drug-likeness (QED) is 0.538. The van der Waals surface area contributed by atoms with E-state index in [0.717, 1.165) is 61.0 Å². The normalized spacial score (nSPS) is 21.0. The second-order valence-electron chi connectivity index (χ2n) is 10.7. The van der Waals surface area contributed by atoms with Crippen LogP contribution in [0.2, 0.25) is 0 Å². The summed E-state index contributed by atoms with van der Waals surface area (Å²) < 4.78 is 18.1. The number of piperidine rings is 2. The van der Waals surface area contributed by atoms with E-state index in [9.17, 15) is 0 Å². The van der Waals surface area contributed by atoms with Gasteiger partial charge in [-0.15, -0.1) is 0 Å². The molecule has 0 spiro atoms. The van der Waals surface area contributed by atoms with Gasteiger partial charge in [0, 0.05) is 50.7 Å².